The second kappa shape index (κ2) is 5.60. The highest BCUT2D eigenvalue weighted by atomic mass is 16.1. The van der Waals surface area contributed by atoms with E-state index in [4.69, 9.17) is 5.73 Å². The van der Waals surface area contributed by atoms with Gasteiger partial charge in [-0.05, 0) is 48.2 Å². The van der Waals surface area contributed by atoms with E-state index >= 15 is 0 Å². The maximum absolute atomic E-state index is 11.5. The molecular weight excluding hydrogens is 260 g/mol. The highest BCUT2D eigenvalue weighted by Crippen LogP contribution is 2.26. The number of carbonyl (C=O) groups is 1. The molecule has 21 heavy (non-hydrogen) atoms. The highest BCUT2D eigenvalue weighted by Gasteiger charge is 2.13. The van der Waals surface area contributed by atoms with E-state index in [1.54, 1.807) is 12.1 Å². The number of carbonyl (C=O) groups excluding carboxylic acids is 1. The molecule has 0 aliphatic heterocycles. The van der Waals surface area contributed by atoms with Gasteiger partial charge in [0.15, 0.2) is 5.78 Å². The van der Waals surface area contributed by atoms with Crippen molar-refractivity contribution in [3.63, 3.8) is 0 Å². The first-order valence-corrected chi connectivity index (χ1v) is 7.05. The van der Waals surface area contributed by atoms with Crippen LogP contribution in [0.25, 0.3) is 0 Å². The molecule has 0 radical (unpaired) electrons. The third kappa shape index (κ3) is 3.63. The minimum Gasteiger partial charge on any atom is -0.398 e. The third-order valence-electron chi connectivity index (χ3n) is 3.47. The lowest BCUT2D eigenvalue weighted by atomic mass is 9.87. The molecule has 3 nitrogen and oxygen atoms in total. The molecule has 0 bridgehead atoms. The van der Waals surface area contributed by atoms with Crippen molar-refractivity contribution in [2.24, 2.45) is 0 Å². The van der Waals surface area contributed by atoms with Gasteiger partial charge < -0.3 is 11.1 Å². The summed E-state index contributed by atoms with van der Waals surface area (Å²) in [5.74, 6) is -0.0285. The molecule has 0 amide bonds. The molecule has 3 heteroatoms. The number of Topliss-reactive ketones (excluding diaryl/α,β-unsaturated/α-hetero) is 1. The second-order valence-electron chi connectivity index (χ2n) is 6.31. The van der Waals surface area contributed by atoms with E-state index in [9.17, 15) is 4.79 Å². The van der Waals surface area contributed by atoms with Gasteiger partial charge in [-0.2, -0.15) is 0 Å². The van der Waals surface area contributed by atoms with E-state index < -0.39 is 0 Å². The Bertz CT molecular complexity index is 652. The van der Waals surface area contributed by atoms with Crippen LogP contribution in [0.2, 0.25) is 0 Å². The van der Waals surface area contributed by atoms with Crippen LogP contribution in [-0.4, -0.2) is 5.78 Å². The summed E-state index contributed by atoms with van der Waals surface area (Å²) in [6.07, 6.45) is 0. The zero-order valence-corrected chi connectivity index (χ0v) is 13.0. The van der Waals surface area contributed by atoms with Gasteiger partial charge in [0.25, 0.3) is 0 Å². The van der Waals surface area contributed by atoms with Crippen LogP contribution in [0.1, 0.15) is 43.6 Å². The summed E-state index contributed by atoms with van der Waals surface area (Å²) in [6.45, 7) is 8.09. The summed E-state index contributed by atoms with van der Waals surface area (Å²) in [6, 6.07) is 13.7. The number of nitrogens with one attached hydrogen (secondary N) is 1. The van der Waals surface area contributed by atoms with Crippen LogP contribution in [0.4, 0.5) is 17.1 Å². The predicted octanol–water partition coefficient (Wildman–Crippen LogP) is 4.51. The lowest BCUT2D eigenvalue weighted by Gasteiger charge is -2.19. The molecule has 0 spiro atoms. The molecule has 2 rings (SSSR count). The number of nitrogens with two attached hydrogens (primary N) is 1. The monoisotopic (exact) mass is 282 g/mol. The van der Waals surface area contributed by atoms with Crippen LogP contribution < -0.4 is 11.1 Å². The Hall–Kier alpha value is -2.29. The van der Waals surface area contributed by atoms with Crippen LogP contribution in [-0.2, 0) is 5.41 Å². The standard InChI is InChI=1S/C18H22N2O/c1-12(21)16-11-15(9-10-17(16)19)20-14-7-5-13(6-8-14)18(2,3)4/h5-11,20H,19H2,1-4H3. The van der Waals surface area contributed by atoms with Crippen LogP contribution in [0, 0.1) is 0 Å². The van der Waals surface area contributed by atoms with Crippen LogP contribution in [0.15, 0.2) is 42.5 Å². The van der Waals surface area contributed by atoms with Gasteiger partial charge in [0.1, 0.15) is 0 Å². The van der Waals surface area contributed by atoms with Crippen LogP contribution in [0.5, 0.6) is 0 Å². The Balaban J connectivity index is 2.22. The van der Waals surface area contributed by atoms with Gasteiger partial charge in [0, 0.05) is 22.6 Å². The quantitative estimate of drug-likeness (QED) is 0.643. The summed E-state index contributed by atoms with van der Waals surface area (Å²) < 4.78 is 0. The normalized spacial score (nSPS) is 11.2. The number of nitrogen functional groups attached to an aromatic ring is 1. The maximum Gasteiger partial charge on any atom is 0.161 e. The first-order chi connectivity index (χ1) is 9.77. The molecule has 0 aliphatic rings. The molecule has 0 fully saturated rings. The van der Waals surface area contributed by atoms with E-state index in [2.05, 4.69) is 38.2 Å². The molecule has 0 aromatic heterocycles. The van der Waals surface area contributed by atoms with Crippen molar-refractivity contribution < 1.29 is 4.79 Å². The molecule has 0 saturated carbocycles. The van der Waals surface area contributed by atoms with Crippen molar-refractivity contribution in [3.8, 4) is 0 Å². The SMILES string of the molecule is CC(=O)c1cc(Nc2ccc(C(C)(C)C)cc2)ccc1N. The minimum absolute atomic E-state index is 0.0285. The fourth-order valence-corrected chi connectivity index (χ4v) is 2.16. The Morgan fingerprint density at radius 1 is 1.00 bits per heavy atom. The number of rotatable bonds is 3. The Kier molecular flexibility index (Phi) is 4.03. The van der Waals surface area contributed by atoms with E-state index in [1.165, 1.54) is 12.5 Å². The highest BCUT2D eigenvalue weighted by molar-refractivity contribution is 6.00. The van der Waals surface area contributed by atoms with E-state index in [-0.39, 0.29) is 11.2 Å². The molecule has 0 unspecified atom stereocenters. The average Bonchev–Trinajstić information content (AvgIpc) is 2.40. The molecule has 2 aromatic rings. The van der Waals surface area contributed by atoms with Gasteiger partial charge in [-0.1, -0.05) is 32.9 Å². The number of hydrogen-bond donors (Lipinski definition) is 2. The van der Waals surface area contributed by atoms with Gasteiger partial charge >= 0.3 is 0 Å². The molecule has 0 heterocycles. The zero-order chi connectivity index (χ0) is 15.6. The smallest absolute Gasteiger partial charge is 0.161 e. The number of ketones is 1. The fourth-order valence-electron chi connectivity index (χ4n) is 2.16. The Labute approximate surface area is 126 Å². The van der Waals surface area contributed by atoms with Crippen molar-refractivity contribution in [1.82, 2.24) is 0 Å². The summed E-state index contributed by atoms with van der Waals surface area (Å²) in [5, 5.41) is 3.30. The van der Waals surface area contributed by atoms with E-state index in [0.29, 0.717) is 11.3 Å². The maximum atomic E-state index is 11.5. The molecule has 0 atom stereocenters. The average molecular weight is 282 g/mol. The molecule has 0 aliphatic carbocycles. The van der Waals surface area contributed by atoms with Crippen molar-refractivity contribution >= 4 is 22.8 Å². The Morgan fingerprint density at radius 2 is 1.57 bits per heavy atom. The lowest BCUT2D eigenvalue weighted by molar-refractivity contribution is 0.101. The van der Waals surface area contributed by atoms with Crippen molar-refractivity contribution in [3.05, 3.63) is 53.6 Å². The van der Waals surface area contributed by atoms with Crippen molar-refractivity contribution in [2.45, 2.75) is 33.1 Å². The van der Waals surface area contributed by atoms with Crippen molar-refractivity contribution in [1.29, 1.82) is 0 Å². The number of anilines is 3. The second-order valence-corrected chi connectivity index (χ2v) is 6.31. The van der Waals surface area contributed by atoms with Crippen LogP contribution >= 0.6 is 0 Å². The van der Waals surface area contributed by atoms with Gasteiger partial charge in [-0.25, -0.2) is 0 Å². The largest absolute Gasteiger partial charge is 0.398 e. The Morgan fingerprint density at radius 3 is 2.10 bits per heavy atom. The molecule has 110 valence electrons. The molecule has 2 aromatic carbocycles. The topological polar surface area (TPSA) is 55.1 Å². The van der Waals surface area contributed by atoms with Gasteiger partial charge in [0.05, 0.1) is 0 Å². The summed E-state index contributed by atoms with van der Waals surface area (Å²) in [5.41, 5.74) is 10.1. The summed E-state index contributed by atoms with van der Waals surface area (Å²) in [7, 11) is 0. The molecule has 3 N–H and O–H groups in total. The van der Waals surface area contributed by atoms with E-state index in [0.717, 1.165) is 11.4 Å². The molecule has 0 saturated heterocycles. The third-order valence-corrected chi connectivity index (χ3v) is 3.47. The fraction of sp³-hybridized carbons (Fsp3) is 0.278. The zero-order valence-electron chi connectivity index (χ0n) is 13.0. The number of hydrogen-bond acceptors (Lipinski definition) is 3. The number of benzene rings is 2. The van der Waals surface area contributed by atoms with Crippen LogP contribution in [0.3, 0.4) is 0 Å². The summed E-state index contributed by atoms with van der Waals surface area (Å²) >= 11 is 0. The summed E-state index contributed by atoms with van der Waals surface area (Å²) in [4.78, 5) is 11.5. The minimum atomic E-state index is -0.0285. The van der Waals surface area contributed by atoms with Gasteiger partial charge in [-0.15, -0.1) is 0 Å². The lowest BCUT2D eigenvalue weighted by Crippen LogP contribution is -2.10. The first kappa shape index (κ1) is 15.1. The predicted molar refractivity (Wildman–Crippen MR) is 89.3 cm³/mol. The van der Waals surface area contributed by atoms with E-state index in [1.807, 2.05) is 18.2 Å². The first-order valence-electron chi connectivity index (χ1n) is 7.05. The van der Waals surface area contributed by atoms with Gasteiger partial charge in [-0.3, -0.25) is 4.79 Å². The van der Waals surface area contributed by atoms with Gasteiger partial charge in [0.2, 0.25) is 0 Å². The molecular formula is C18H22N2O. The van der Waals surface area contributed by atoms with Crippen molar-refractivity contribution in [2.75, 3.05) is 11.1 Å².